The third kappa shape index (κ3) is 3.47. The molecule has 0 saturated carbocycles. The second-order valence-corrected chi connectivity index (χ2v) is 46.6. The molecule has 0 bridgehead atoms. The van der Waals surface area contributed by atoms with Gasteiger partial charge in [-0.15, -0.1) is 0 Å². The molecule has 190 valence electrons. The van der Waals surface area contributed by atoms with Gasteiger partial charge in [-0.2, -0.15) is 0 Å². The van der Waals surface area contributed by atoms with E-state index in [1.165, 1.54) is 0 Å². The molecule has 0 unspecified atom stereocenters. The minimum atomic E-state index is -8.14. The Bertz CT molecular complexity index is 736. The zero-order chi connectivity index (χ0) is 26.4. The SMILES string of the molecule is CC(C)(C)[Si](C(C)(C)C)(C(C)(C)C)[Cr](=[O])(=[O])([OH])([OH])[Si](C(C)(C)C)(C(C)(C)C)C(C)(C)C. The van der Waals surface area contributed by atoms with Crippen LogP contribution in [0.1, 0.15) is 125 Å². The van der Waals surface area contributed by atoms with Crippen molar-refractivity contribution in [3.63, 3.8) is 0 Å². The van der Waals surface area contributed by atoms with Gasteiger partial charge in [-0.25, -0.2) is 0 Å². The monoisotopic (exact) mass is 516 g/mol. The molecule has 7 heteroatoms. The summed E-state index contributed by atoms with van der Waals surface area (Å²) in [7, 11) is -8.14. The molecule has 31 heavy (non-hydrogen) atoms. The average molecular weight is 517 g/mol. The van der Waals surface area contributed by atoms with Gasteiger partial charge in [0.15, 0.2) is 0 Å². The van der Waals surface area contributed by atoms with Crippen molar-refractivity contribution in [1.29, 1.82) is 0 Å². The summed E-state index contributed by atoms with van der Waals surface area (Å²) in [6.07, 6.45) is 0. The number of rotatable bonds is 2. The third-order valence-electron chi connectivity index (χ3n) is 7.69. The molecule has 0 aromatic rings. The molecule has 0 fully saturated rings. The Morgan fingerprint density at radius 1 is 0.387 bits per heavy atom. The van der Waals surface area contributed by atoms with E-state index in [0.717, 1.165) is 0 Å². The Morgan fingerprint density at radius 2 is 0.484 bits per heavy atom. The fourth-order valence-electron chi connectivity index (χ4n) is 11.0. The van der Waals surface area contributed by atoms with Crippen LogP contribution >= 0.6 is 0 Å². The van der Waals surface area contributed by atoms with Crippen LogP contribution in [0.25, 0.3) is 0 Å². The van der Waals surface area contributed by atoms with Crippen LogP contribution in [0.4, 0.5) is 0 Å². The van der Waals surface area contributed by atoms with Crippen molar-refractivity contribution >= 4 is 13.3 Å². The Kier molecular flexibility index (Phi) is 6.68. The van der Waals surface area contributed by atoms with Crippen molar-refractivity contribution < 1.29 is 26.1 Å². The van der Waals surface area contributed by atoms with Crippen LogP contribution in [0.3, 0.4) is 0 Å². The van der Waals surface area contributed by atoms with Crippen LogP contribution in [0, 0.1) is 0 Å². The van der Waals surface area contributed by atoms with Crippen molar-refractivity contribution in [1.82, 2.24) is 0 Å². The van der Waals surface area contributed by atoms with E-state index >= 15 is 7.61 Å². The Balaban J connectivity index is 9.17. The summed E-state index contributed by atoms with van der Waals surface area (Å²) in [4.78, 5) is 0. The predicted octanol–water partition coefficient (Wildman–Crippen LogP) is 8.41. The molecule has 0 atom stereocenters. The Hall–Kier alpha value is 0.486. The molecule has 0 aliphatic rings. The van der Waals surface area contributed by atoms with Crippen LogP contribution in [0.15, 0.2) is 0 Å². The first kappa shape index (κ1) is 31.5. The minimum absolute atomic E-state index is 0.828. The van der Waals surface area contributed by atoms with Gasteiger partial charge in [-0.3, -0.25) is 0 Å². The summed E-state index contributed by atoms with van der Waals surface area (Å²) < 4.78 is 58.1. The molecule has 2 N–H and O–H groups in total. The molecule has 0 heterocycles. The third-order valence-corrected chi connectivity index (χ3v) is 60.5. The van der Waals surface area contributed by atoms with Crippen molar-refractivity contribution in [2.45, 2.75) is 155 Å². The normalized spacial score (nSPS) is 19.1. The summed E-state index contributed by atoms with van der Waals surface area (Å²) in [5, 5.41) is -4.97. The molecule has 0 aromatic heterocycles. The first-order valence-corrected chi connectivity index (χ1v) is 21.4. The standard InChI is InChI=1S/2C12H27Si.Cr.2H2O.2O/c2*1-10(2,3)13(11(4,5)6)12(7,8)9;;;;;/h2*1-9H3;;2*1H2;;/q;;+2;;;;/p-2. The van der Waals surface area contributed by atoms with E-state index in [2.05, 4.69) is 0 Å². The zero-order valence-corrected chi connectivity index (χ0v) is 27.4. The molecule has 0 saturated heterocycles. The summed E-state index contributed by atoms with van der Waals surface area (Å²) >= 11 is 0. The van der Waals surface area contributed by atoms with Gasteiger partial charge in [0.1, 0.15) is 0 Å². The first-order valence-electron chi connectivity index (χ1n) is 11.6. The maximum atomic E-state index is 16.0. The molecular formula is C24H56CrO4Si2. The van der Waals surface area contributed by atoms with E-state index in [1.807, 2.05) is 125 Å². The second-order valence-electron chi connectivity index (χ2n) is 16.1. The first-order chi connectivity index (χ1) is 12.5. The van der Waals surface area contributed by atoms with Gasteiger partial charge in [0.2, 0.25) is 0 Å². The van der Waals surface area contributed by atoms with E-state index in [1.54, 1.807) is 0 Å². The van der Waals surface area contributed by atoms with Crippen molar-refractivity contribution in [2.75, 3.05) is 0 Å². The zero-order valence-electron chi connectivity index (χ0n) is 24.1. The van der Waals surface area contributed by atoms with E-state index < -0.39 is 53.7 Å². The van der Waals surface area contributed by atoms with Crippen molar-refractivity contribution in [2.24, 2.45) is 0 Å². The van der Waals surface area contributed by atoms with E-state index in [0.29, 0.717) is 0 Å². The number of hydrogen-bond donors (Lipinski definition) is 2. The molecule has 0 amide bonds. The Labute approximate surface area is 193 Å². The van der Waals surface area contributed by atoms with Crippen molar-refractivity contribution in [3.8, 4) is 0 Å². The van der Waals surface area contributed by atoms with Crippen LogP contribution in [-0.2, 0) is 17.8 Å². The average Bonchev–Trinajstić information content (AvgIpc) is 2.08. The Morgan fingerprint density at radius 3 is 0.548 bits per heavy atom. The summed E-state index contributed by atoms with van der Waals surface area (Å²) in [5.74, 6) is 0. The van der Waals surface area contributed by atoms with Gasteiger partial charge in [-0.1, -0.05) is 0 Å². The molecule has 0 aliphatic heterocycles. The molecule has 0 radical (unpaired) electrons. The fraction of sp³-hybridized carbons (Fsp3) is 1.00. The molecule has 4 nitrogen and oxygen atoms in total. The van der Waals surface area contributed by atoms with Crippen LogP contribution < -0.4 is 0 Å². The van der Waals surface area contributed by atoms with Gasteiger partial charge in [-0.05, 0) is 0 Å². The summed E-state index contributed by atoms with van der Waals surface area (Å²) in [5.41, 5.74) is 0. The van der Waals surface area contributed by atoms with E-state index in [9.17, 15) is 8.32 Å². The van der Waals surface area contributed by atoms with Crippen molar-refractivity contribution in [3.05, 3.63) is 0 Å². The van der Waals surface area contributed by atoms with Gasteiger partial charge in [0.25, 0.3) is 0 Å². The molecule has 0 spiro atoms. The quantitative estimate of drug-likeness (QED) is 0.361. The molecule has 0 rings (SSSR count). The summed E-state index contributed by atoms with van der Waals surface area (Å²) in [6, 6.07) is 0. The van der Waals surface area contributed by atoms with Gasteiger partial charge in [0, 0.05) is 0 Å². The van der Waals surface area contributed by atoms with Gasteiger partial charge >= 0.3 is 194 Å². The van der Waals surface area contributed by atoms with E-state index in [-0.39, 0.29) is 0 Å². The molecular weight excluding hydrogens is 460 g/mol. The molecule has 0 aliphatic carbocycles. The predicted molar refractivity (Wildman–Crippen MR) is 136 cm³/mol. The van der Waals surface area contributed by atoms with Crippen LogP contribution in [0.5, 0.6) is 0 Å². The van der Waals surface area contributed by atoms with E-state index in [4.69, 9.17) is 0 Å². The topological polar surface area (TPSA) is 74.6 Å². The maximum absolute atomic E-state index is 16.0. The van der Waals surface area contributed by atoms with Crippen LogP contribution in [-0.4, -0.2) is 21.6 Å². The van der Waals surface area contributed by atoms with Gasteiger partial charge in [0.05, 0.1) is 0 Å². The fourth-order valence-corrected chi connectivity index (χ4v) is 102. The second kappa shape index (κ2) is 6.58. The van der Waals surface area contributed by atoms with Crippen LogP contribution in [0.2, 0.25) is 30.2 Å². The molecule has 0 aromatic carbocycles. The summed E-state index contributed by atoms with van der Waals surface area (Å²) in [6.45, 7) is 26.3. The number of hydrogen-bond acceptors (Lipinski definition) is 2. The van der Waals surface area contributed by atoms with Gasteiger partial charge < -0.3 is 0 Å².